The Morgan fingerprint density at radius 3 is 2.73 bits per heavy atom. The van der Waals surface area contributed by atoms with Gasteiger partial charge in [-0.3, -0.25) is 4.90 Å². The number of piperazine rings is 1. The van der Waals surface area contributed by atoms with Gasteiger partial charge < -0.3 is 4.90 Å². The Morgan fingerprint density at radius 2 is 1.88 bits per heavy atom. The minimum Gasteiger partial charge on any atom is -0.304 e. The van der Waals surface area contributed by atoms with Crippen molar-refractivity contribution in [1.29, 1.82) is 0 Å². The second-order valence-electron chi connectivity index (χ2n) is 7.10. The maximum absolute atomic E-state index is 6.28. The van der Waals surface area contributed by atoms with Gasteiger partial charge in [-0.15, -0.1) is 0 Å². The van der Waals surface area contributed by atoms with E-state index in [0.717, 1.165) is 11.4 Å². The van der Waals surface area contributed by atoms with Crippen LogP contribution in [0, 0.1) is 0 Å². The van der Waals surface area contributed by atoms with Crippen LogP contribution in [0.25, 0.3) is 0 Å². The van der Waals surface area contributed by atoms with Crippen LogP contribution in [0.4, 0.5) is 0 Å². The lowest BCUT2D eigenvalue weighted by atomic mass is 10.0. The number of thioether (sulfide) groups is 1. The molecule has 0 N–H and O–H groups in total. The highest BCUT2D eigenvalue weighted by Crippen LogP contribution is 2.46. The maximum atomic E-state index is 6.28. The van der Waals surface area contributed by atoms with Gasteiger partial charge in [-0.1, -0.05) is 41.6 Å². The molecule has 1 atom stereocenters. The van der Waals surface area contributed by atoms with E-state index in [2.05, 4.69) is 65.0 Å². The van der Waals surface area contributed by atoms with Crippen molar-refractivity contribution in [3.8, 4) is 0 Å². The number of nitrogens with zero attached hydrogens (tertiary/aromatic N) is 2. The van der Waals surface area contributed by atoms with E-state index in [1.54, 1.807) is 0 Å². The molecule has 2 aliphatic heterocycles. The summed E-state index contributed by atoms with van der Waals surface area (Å²) in [6.07, 6.45) is 1.06. The Bertz CT molecular complexity index is 759. The monoisotopic (exact) mass is 404 g/mol. The fourth-order valence-corrected chi connectivity index (χ4v) is 6.34. The van der Waals surface area contributed by atoms with Crippen LogP contribution in [0.2, 0.25) is 5.02 Å². The Hall–Kier alpha value is -0.650. The summed E-state index contributed by atoms with van der Waals surface area (Å²) < 4.78 is 0. The normalized spacial score (nSPS) is 21.1. The lowest BCUT2D eigenvalue weighted by Gasteiger charge is -2.32. The van der Waals surface area contributed by atoms with E-state index < -0.39 is 0 Å². The third kappa shape index (κ3) is 4.42. The van der Waals surface area contributed by atoms with Gasteiger partial charge in [0, 0.05) is 58.5 Å². The smallest absolute Gasteiger partial charge is 0.0409 e. The summed E-state index contributed by atoms with van der Waals surface area (Å²) in [6, 6.07) is 15.2. The summed E-state index contributed by atoms with van der Waals surface area (Å²) in [6.45, 7) is 5.98. The van der Waals surface area contributed by atoms with Crippen molar-refractivity contribution in [2.75, 3.05) is 45.5 Å². The second-order valence-corrected chi connectivity index (χ2v) is 9.93. The molecule has 2 heterocycles. The summed E-state index contributed by atoms with van der Waals surface area (Å²) >= 11 is 10.3. The first-order valence-corrected chi connectivity index (χ1v) is 11.5. The van der Waals surface area contributed by atoms with Gasteiger partial charge >= 0.3 is 0 Å². The number of halogens is 1. The van der Waals surface area contributed by atoms with Crippen LogP contribution in [-0.4, -0.2) is 55.3 Å². The van der Waals surface area contributed by atoms with Gasteiger partial charge in [-0.25, -0.2) is 0 Å². The number of fused-ring (bicyclic) bond motifs is 2. The van der Waals surface area contributed by atoms with E-state index in [1.807, 2.05) is 17.8 Å². The molecule has 5 heteroatoms. The molecule has 0 saturated carbocycles. The van der Waals surface area contributed by atoms with Crippen LogP contribution in [0.15, 0.2) is 52.3 Å². The van der Waals surface area contributed by atoms with Crippen molar-refractivity contribution in [3.05, 3.63) is 58.6 Å². The standard InChI is InChI=1S/C21H25ClN2S2/c1-23-8-10-24(11-9-23)12-13-25-21-15-16-14-17(22)6-7-19(16)26-20-5-3-2-4-18(20)21/h2-7,14,21H,8-13,15H2,1H3. The largest absolute Gasteiger partial charge is 0.304 e. The molecule has 26 heavy (non-hydrogen) atoms. The van der Waals surface area contributed by atoms with Gasteiger partial charge in [-0.2, -0.15) is 11.8 Å². The van der Waals surface area contributed by atoms with Crippen LogP contribution < -0.4 is 0 Å². The van der Waals surface area contributed by atoms with E-state index in [9.17, 15) is 0 Å². The molecule has 1 unspecified atom stereocenters. The van der Waals surface area contributed by atoms with E-state index in [0.29, 0.717) is 5.25 Å². The van der Waals surface area contributed by atoms with Crippen molar-refractivity contribution >= 4 is 35.1 Å². The topological polar surface area (TPSA) is 6.48 Å². The molecule has 2 aromatic rings. The van der Waals surface area contributed by atoms with Crippen molar-refractivity contribution in [3.63, 3.8) is 0 Å². The van der Waals surface area contributed by atoms with Gasteiger partial charge in [0.1, 0.15) is 0 Å². The van der Waals surface area contributed by atoms with Gasteiger partial charge in [0.25, 0.3) is 0 Å². The molecule has 0 amide bonds. The predicted octanol–water partition coefficient (Wildman–Crippen LogP) is 5.07. The molecule has 4 rings (SSSR count). The Morgan fingerprint density at radius 1 is 1.08 bits per heavy atom. The Balaban J connectivity index is 1.47. The summed E-state index contributed by atoms with van der Waals surface area (Å²) in [7, 11) is 2.22. The minimum absolute atomic E-state index is 0.505. The van der Waals surface area contributed by atoms with Gasteiger partial charge in [-0.05, 0) is 48.9 Å². The first kappa shape index (κ1) is 18.7. The molecule has 0 radical (unpaired) electrons. The summed E-state index contributed by atoms with van der Waals surface area (Å²) in [5, 5.41) is 1.35. The second kappa shape index (κ2) is 8.57. The van der Waals surface area contributed by atoms with Crippen LogP contribution in [0.5, 0.6) is 0 Å². The van der Waals surface area contributed by atoms with Crippen molar-refractivity contribution in [2.24, 2.45) is 0 Å². The molecule has 2 nitrogen and oxygen atoms in total. The first-order valence-electron chi connectivity index (χ1n) is 9.27. The predicted molar refractivity (Wildman–Crippen MR) is 115 cm³/mol. The number of likely N-dealkylation sites (N-methyl/N-ethyl adjacent to an activating group) is 1. The minimum atomic E-state index is 0.505. The number of benzene rings is 2. The highest BCUT2D eigenvalue weighted by molar-refractivity contribution is 8.00. The van der Waals surface area contributed by atoms with Crippen LogP contribution >= 0.6 is 35.1 Å². The molecule has 0 bridgehead atoms. The SMILES string of the molecule is CN1CCN(CCSC2Cc3cc(Cl)ccc3Sc3ccccc32)CC1. The van der Waals surface area contributed by atoms with E-state index in [1.165, 1.54) is 59.4 Å². The maximum Gasteiger partial charge on any atom is 0.0409 e. The fraction of sp³-hybridized carbons (Fsp3) is 0.429. The van der Waals surface area contributed by atoms with E-state index in [4.69, 9.17) is 11.6 Å². The zero-order chi connectivity index (χ0) is 17.9. The van der Waals surface area contributed by atoms with Gasteiger partial charge in [0.05, 0.1) is 0 Å². The highest BCUT2D eigenvalue weighted by Gasteiger charge is 2.23. The fourth-order valence-electron chi connectivity index (χ4n) is 3.62. The lowest BCUT2D eigenvalue weighted by molar-refractivity contribution is 0.161. The van der Waals surface area contributed by atoms with Gasteiger partial charge in [0.15, 0.2) is 0 Å². The molecule has 1 saturated heterocycles. The summed E-state index contributed by atoms with van der Waals surface area (Å²) in [5.41, 5.74) is 2.86. The molecular weight excluding hydrogens is 380 g/mol. The summed E-state index contributed by atoms with van der Waals surface area (Å²) in [4.78, 5) is 7.77. The average molecular weight is 405 g/mol. The molecule has 1 fully saturated rings. The van der Waals surface area contributed by atoms with E-state index in [-0.39, 0.29) is 0 Å². The van der Waals surface area contributed by atoms with Crippen molar-refractivity contribution < 1.29 is 0 Å². The average Bonchev–Trinajstić information content (AvgIpc) is 2.80. The van der Waals surface area contributed by atoms with Crippen LogP contribution in [0.3, 0.4) is 0 Å². The molecule has 0 aromatic heterocycles. The number of hydrogen-bond acceptors (Lipinski definition) is 4. The van der Waals surface area contributed by atoms with E-state index >= 15 is 0 Å². The third-order valence-electron chi connectivity index (χ3n) is 5.24. The third-order valence-corrected chi connectivity index (χ3v) is 7.92. The Labute approximate surface area is 170 Å². The summed E-state index contributed by atoms with van der Waals surface area (Å²) in [5.74, 6) is 1.18. The quantitative estimate of drug-likeness (QED) is 0.701. The molecular formula is C21H25ClN2S2. The molecule has 0 aliphatic carbocycles. The number of rotatable bonds is 4. The zero-order valence-electron chi connectivity index (χ0n) is 15.2. The lowest BCUT2D eigenvalue weighted by Crippen LogP contribution is -2.45. The zero-order valence-corrected chi connectivity index (χ0v) is 17.5. The van der Waals surface area contributed by atoms with Crippen LogP contribution in [0.1, 0.15) is 16.4 Å². The van der Waals surface area contributed by atoms with Gasteiger partial charge in [0.2, 0.25) is 0 Å². The first-order chi connectivity index (χ1) is 12.7. The van der Waals surface area contributed by atoms with Crippen LogP contribution in [-0.2, 0) is 6.42 Å². The van der Waals surface area contributed by atoms with Crippen molar-refractivity contribution in [1.82, 2.24) is 9.80 Å². The number of hydrogen-bond donors (Lipinski definition) is 0. The molecule has 2 aliphatic rings. The highest BCUT2D eigenvalue weighted by atomic mass is 35.5. The van der Waals surface area contributed by atoms with Crippen molar-refractivity contribution in [2.45, 2.75) is 21.5 Å². The molecule has 138 valence electrons. The molecule has 2 aromatic carbocycles. The molecule has 0 spiro atoms. The Kier molecular flexibility index (Phi) is 6.17.